The second kappa shape index (κ2) is 7.64. The predicted octanol–water partition coefficient (Wildman–Crippen LogP) is 1.86. The number of nitrogens with two attached hydrogens (primary N) is 1. The van der Waals surface area contributed by atoms with Crippen molar-refractivity contribution in [2.24, 2.45) is 5.73 Å². The molecule has 0 spiro atoms. The van der Waals surface area contributed by atoms with Gasteiger partial charge in [-0.05, 0) is 50.9 Å². The number of carbonyl (C=O) groups excluding carboxylic acids is 1. The molecule has 2 saturated heterocycles. The van der Waals surface area contributed by atoms with Crippen molar-refractivity contribution in [1.82, 2.24) is 9.80 Å². The first kappa shape index (κ1) is 17.4. The molecule has 132 valence electrons. The zero-order chi connectivity index (χ0) is 17.1. The van der Waals surface area contributed by atoms with E-state index in [4.69, 9.17) is 10.5 Å². The van der Waals surface area contributed by atoms with Crippen LogP contribution < -0.4 is 5.73 Å². The minimum absolute atomic E-state index is 0.316. The normalized spacial score (nSPS) is 29.0. The van der Waals surface area contributed by atoms with Gasteiger partial charge in [0.2, 0.25) is 5.91 Å². The van der Waals surface area contributed by atoms with Crippen LogP contribution in [0, 0.1) is 0 Å². The maximum Gasteiger partial charge on any atom is 0.248 e. The van der Waals surface area contributed by atoms with Crippen LogP contribution in [0.2, 0.25) is 0 Å². The number of benzene rings is 1. The summed E-state index contributed by atoms with van der Waals surface area (Å²) in [6.45, 7) is 9.47. The smallest absolute Gasteiger partial charge is 0.248 e. The largest absolute Gasteiger partial charge is 0.373 e. The zero-order valence-electron chi connectivity index (χ0n) is 14.8. The van der Waals surface area contributed by atoms with Crippen LogP contribution >= 0.6 is 0 Å². The summed E-state index contributed by atoms with van der Waals surface area (Å²) in [4.78, 5) is 16.5. The number of rotatable bonds is 5. The maximum atomic E-state index is 11.4. The number of primary amides is 1. The molecule has 2 N–H and O–H groups in total. The van der Waals surface area contributed by atoms with Crippen LogP contribution in [-0.4, -0.2) is 60.1 Å². The minimum Gasteiger partial charge on any atom is -0.373 e. The summed E-state index contributed by atoms with van der Waals surface area (Å²) in [6, 6.07) is 8.30. The minimum atomic E-state index is -0.355. The molecule has 24 heavy (non-hydrogen) atoms. The molecular formula is C19H29N3O2. The predicted molar refractivity (Wildman–Crippen MR) is 94.8 cm³/mol. The van der Waals surface area contributed by atoms with Gasteiger partial charge in [0.25, 0.3) is 0 Å². The van der Waals surface area contributed by atoms with E-state index in [0.717, 1.165) is 32.7 Å². The van der Waals surface area contributed by atoms with Crippen LogP contribution in [0.4, 0.5) is 0 Å². The first-order valence-corrected chi connectivity index (χ1v) is 9.02. The van der Waals surface area contributed by atoms with E-state index < -0.39 is 0 Å². The summed E-state index contributed by atoms with van der Waals surface area (Å²) >= 11 is 0. The Labute approximate surface area is 144 Å². The molecule has 5 nitrogen and oxygen atoms in total. The van der Waals surface area contributed by atoms with Crippen LogP contribution in [0.1, 0.15) is 42.6 Å². The summed E-state index contributed by atoms with van der Waals surface area (Å²) in [5, 5.41) is 0. The third kappa shape index (κ3) is 4.35. The van der Waals surface area contributed by atoms with Gasteiger partial charge in [-0.3, -0.25) is 14.6 Å². The van der Waals surface area contributed by atoms with Gasteiger partial charge in [-0.1, -0.05) is 12.1 Å². The Balaban J connectivity index is 1.61. The van der Waals surface area contributed by atoms with Crippen molar-refractivity contribution < 1.29 is 9.53 Å². The number of amides is 1. The molecular weight excluding hydrogens is 302 g/mol. The van der Waals surface area contributed by atoms with Crippen molar-refractivity contribution in [2.45, 2.75) is 51.5 Å². The zero-order valence-corrected chi connectivity index (χ0v) is 14.8. The van der Waals surface area contributed by atoms with Crippen molar-refractivity contribution in [3.8, 4) is 0 Å². The Kier molecular flexibility index (Phi) is 5.54. The van der Waals surface area contributed by atoms with E-state index >= 15 is 0 Å². The molecule has 2 aliphatic rings. The van der Waals surface area contributed by atoms with Gasteiger partial charge in [-0.15, -0.1) is 0 Å². The second-order valence-electron chi connectivity index (χ2n) is 7.31. The van der Waals surface area contributed by atoms with Gasteiger partial charge < -0.3 is 10.5 Å². The van der Waals surface area contributed by atoms with E-state index in [0.29, 0.717) is 23.8 Å². The highest BCUT2D eigenvalue weighted by atomic mass is 16.5. The van der Waals surface area contributed by atoms with Crippen LogP contribution in [0.5, 0.6) is 0 Å². The summed E-state index contributed by atoms with van der Waals surface area (Å²) in [6.07, 6.45) is 3.12. The van der Waals surface area contributed by atoms with E-state index in [1.54, 1.807) is 6.07 Å². The van der Waals surface area contributed by atoms with Crippen molar-refractivity contribution in [1.29, 1.82) is 0 Å². The number of likely N-dealkylation sites (tertiary alicyclic amines) is 1. The number of morpholine rings is 1. The molecule has 0 saturated carbocycles. The van der Waals surface area contributed by atoms with Gasteiger partial charge in [-0.2, -0.15) is 0 Å². The number of hydrogen-bond acceptors (Lipinski definition) is 4. The number of carbonyl (C=O) groups is 1. The van der Waals surface area contributed by atoms with Crippen LogP contribution in [0.3, 0.4) is 0 Å². The molecule has 0 bridgehead atoms. The lowest BCUT2D eigenvalue weighted by Crippen LogP contribution is -2.50. The molecule has 1 amide bonds. The highest BCUT2D eigenvalue weighted by molar-refractivity contribution is 5.92. The highest BCUT2D eigenvalue weighted by Crippen LogP contribution is 2.23. The Bertz CT molecular complexity index is 567. The average Bonchev–Trinajstić information content (AvgIpc) is 2.93. The Hall–Kier alpha value is -1.43. The lowest BCUT2D eigenvalue weighted by Gasteiger charge is -2.38. The van der Waals surface area contributed by atoms with E-state index in [1.165, 1.54) is 18.4 Å². The SMILES string of the molecule is C[C@@H]1CN(C[C@@H]2CCCN2Cc2cccc(C(N)=O)c2)C[C@H](C)O1. The lowest BCUT2D eigenvalue weighted by atomic mass is 10.1. The summed E-state index contributed by atoms with van der Waals surface area (Å²) in [7, 11) is 0. The number of hydrogen-bond donors (Lipinski definition) is 1. The Morgan fingerprint density at radius 1 is 1.29 bits per heavy atom. The molecule has 2 fully saturated rings. The van der Waals surface area contributed by atoms with Crippen LogP contribution in [0.15, 0.2) is 24.3 Å². The van der Waals surface area contributed by atoms with Gasteiger partial charge in [0.1, 0.15) is 0 Å². The first-order valence-electron chi connectivity index (χ1n) is 9.02. The lowest BCUT2D eigenvalue weighted by molar-refractivity contribution is -0.0724. The molecule has 0 aliphatic carbocycles. The summed E-state index contributed by atoms with van der Waals surface area (Å²) < 4.78 is 5.84. The van der Waals surface area contributed by atoms with Crippen molar-refractivity contribution in [3.05, 3.63) is 35.4 Å². The monoisotopic (exact) mass is 331 g/mol. The molecule has 0 radical (unpaired) electrons. The molecule has 3 atom stereocenters. The fraction of sp³-hybridized carbons (Fsp3) is 0.632. The number of ether oxygens (including phenoxy) is 1. The molecule has 1 aromatic rings. The van der Waals surface area contributed by atoms with Crippen molar-refractivity contribution in [3.63, 3.8) is 0 Å². The molecule has 3 rings (SSSR count). The maximum absolute atomic E-state index is 11.4. The fourth-order valence-corrected chi connectivity index (χ4v) is 4.10. The van der Waals surface area contributed by atoms with E-state index in [1.807, 2.05) is 12.1 Å². The van der Waals surface area contributed by atoms with Crippen molar-refractivity contribution in [2.75, 3.05) is 26.2 Å². The van der Waals surface area contributed by atoms with Crippen LogP contribution in [0.25, 0.3) is 0 Å². The van der Waals surface area contributed by atoms with Crippen molar-refractivity contribution >= 4 is 5.91 Å². The molecule has 5 heteroatoms. The third-order valence-corrected chi connectivity index (χ3v) is 5.06. The topological polar surface area (TPSA) is 58.8 Å². The van der Waals surface area contributed by atoms with Gasteiger partial charge in [0.05, 0.1) is 12.2 Å². The first-order chi connectivity index (χ1) is 11.5. The third-order valence-electron chi connectivity index (χ3n) is 5.06. The molecule has 2 heterocycles. The molecule has 0 aromatic heterocycles. The molecule has 1 aromatic carbocycles. The van der Waals surface area contributed by atoms with Gasteiger partial charge in [0, 0.05) is 37.8 Å². The highest BCUT2D eigenvalue weighted by Gasteiger charge is 2.29. The quantitative estimate of drug-likeness (QED) is 0.895. The standard InChI is InChI=1S/C19H29N3O2/c1-14-10-21(11-15(2)24-14)13-18-7-4-8-22(18)12-16-5-3-6-17(9-16)19(20)23/h3,5-6,9,14-15,18H,4,7-8,10-13H2,1-2H3,(H2,20,23)/t14-,15+,18-/m0/s1. The molecule has 2 aliphatic heterocycles. The Morgan fingerprint density at radius 3 is 2.75 bits per heavy atom. The van der Waals surface area contributed by atoms with E-state index in [-0.39, 0.29) is 5.91 Å². The fourth-order valence-electron chi connectivity index (χ4n) is 4.10. The number of nitrogens with zero attached hydrogens (tertiary/aromatic N) is 2. The van der Waals surface area contributed by atoms with Gasteiger partial charge in [-0.25, -0.2) is 0 Å². The molecule has 0 unspecified atom stereocenters. The van der Waals surface area contributed by atoms with Crippen LogP contribution in [-0.2, 0) is 11.3 Å². The van der Waals surface area contributed by atoms with Gasteiger partial charge in [0.15, 0.2) is 0 Å². The Morgan fingerprint density at radius 2 is 2.04 bits per heavy atom. The second-order valence-corrected chi connectivity index (χ2v) is 7.31. The summed E-state index contributed by atoms with van der Waals surface area (Å²) in [5.74, 6) is -0.355. The summed E-state index contributed by atoms with van der Waals surface area (Å²) in [5.41, 5.74) is 7.16. The van der Waals surface area contributed by atoms with E-state index in [9.17, 15) is 4.79 Å². The van der Waals surface area contributed by atoms with E-state index in [2.05, 4.69) is 29.7 Å². The van der Waals surface area contributed by atoms with Gasteiger partial charge >= 0.3 is 0 Å². The average molecular weight is 331 g/mol.